The Hall–Kier alpha value is -0.0800. The van der Waals surface area contributed by atoms with E-state index in [1.165, 1.54) is 57.8 Å². The Balaban J connectivity index is 2.06. The molecule has 118 valence electrons. The molecule has 20 heavy (non-hydrogen) atoms. The molecule has 2 saturated carbocycles. The molecule has 2 fully saturated rings. The van der Waals surface area contributed by atoms with Crippen molar-refractivity contribution in [3.8, 4) is 0 Å². The van der Waals surface area contributed by atoms with Crippen LogP contribution in [0.4, 0.5) is 0 Å². The van der Waals surface area contributed by atoms with Crippen molar-refractivity contribution < 1.29 is 9.84 Å². The fraction of sp³-hybridized carbons (Fsp3) is 1.00. The molecule has 2 nitrogen and oxygen atoms in total. The maximum Gasteiger partial charge on any atom is 0.0942 e. The number of rotatable bonds is 5. The molecule has 0 bridgehead atoms. The lowest BCUT2D eigenvalue weighted by molar-refractivity contribution is -0.153. The smallest absolute Gasteiger partial charge is 0.0942 e. The Morgan fingerprint density at radius 3 is 2.35 bits per heavy atom. The molecule has 0 aliphatic heterocycles. The first-order valence-electron chi connectivity index (χ1n) is 9.04. The third kappa shape index (κ3) is 3.76. The van der Waals surface area contributed by atoms with Crippen LogP contribution in [-0.4, -0.2) is 23.4 Å². The highest BCUT2D eigenvalue weighted by molar-refractivity contribution is 4.95. The summed E-state index contributed by atoms with van der Waals surface area (Å²) in [5.41, 5.74) is -0.231. The zero-order valence-electron chi connectivity index (χ0n) is 13.6. The van der Waals surface area contributed by atoms with Crippen LogP contribution in [0.2, 0.25) is 0 Å². The molecule has 0 saturated heterocycles. The molecule has 1 N–H and O–H groups in total. The van der Waals surface area contributed by atoms with E-state index in [0.717, 1.165) is 25.4 Å². The van der Waals surface area contributed by atoms with Crippen molar-refractivity contribution in [1.29, 1.82) is 0 Å². The minimum atomic E-state index is -0.241. The molecule has 0 spiro atoms. The molecule has 0 aromatic carbocycles. The average molecular weight is 282 g/mol. The Morgan fingerprint density at radius 2 is 1.75 bits per heavy atom. The molecule has 2 aliphatic carbocycles. The highest BCUT2D eigenvalue weighted by Gasteiger charge is 2.43. The lowest BCUT2D eigenvalue weighted by atomic mass is 9.71. The van der Waals surface area contributed by atoms with Crippen molar-refractivity contribution in [2.45, 2.75) is 96.2 Å². The molecule has 0 aromatic rings. The lowest BCUT2D eigenvalue weighted by Crippen LogP contribution is -2.49. The Kier molecular flexibility index (Phi) is 6.35. The van der Waals surface area contributed by atoms with Crippen LogP contribution in [0, 0.1) is 11.8 Å². The van der Waals surface area contributed by atoms with Gasteiger partial charge in [-0.3, -0.25) is 0 Å². The van der Waals surface area contributed by atoms with Gasteiger partial charge in [0.2, 0.25) is 0 Å². The van der Waals surface area contributed by atoms with Gasteiger partial charge in [0.15, 0.2) is 0 Å². The number of aliphatic hydroxyl groups is 1. The Morgan fingerprint density at radius 1 is 1.05 bits per heavy atom. The summed E-state index contributed by atoms with van der Waals surface area (Å²) < 4.78 is 6.18. The lowest BCUT2D eigenvalue weighted by Gasteiger charge is -2.43. The molecule has 0 heterocycles. The quantitative estimate of drug-likeness (QED) is 0.741. The van der Waals surface area contributed by atoms with Gasteiger partial charge in [-0.2, -0.15) is 0 Å². The third-order valence-corrected chi connectivity index (χ3v) is 5.77. The van der Waals surface area contributed by atoms with Crippen LogP contribution in [-0.2, 0) is 4.74 Å². The molecule has 3 unspecified atom stereocenters. The van der Waals surface area contributed by atoms with Crippen molar-refractivity contribution in [2.75, 3.05) is 6.61 Å². The van der Waals surface area contributed by atoms with Crippen LogP contribution in [0.25, 0.3) is 0 Å². The fourth-order valence-electron chi connectivity index (χ4n) is 4.56. The van der Waals surface area contributed by atoms with Gasteiger partial charge in [-0.25, -0.2) is 0 Å². The first-order chi connectivity index (χ1) is 9.72. The van der Waals surface area contributed by atoms with Gasteiger partial charge in [-0.05, 0) is 44.4 Å². The van der Waals surface area contributed by atoms with E-state index in [1.807, 2.05) is 0 Å². The SMILES string of the molecule is CCOC1(C(O)C2CCCC(CC)C2)CCCCCC1. The number of hydrogen-bond donors (Lipinski definition) is 1. The van der Waals surface area contributed by atoms with Crippen LogP contribution in [0.3, 0.4) is 0 Å². The van der Waals surface area contributed by atoms with E-state index in [4.69, 9.17) is 4.74 Å². The van der Waals surface area contributed by atoms with Crippen LogP contribution in [0.1, 0.15) is 84.5 Å². The van der Waals surface area contributed by atoms with Gasteiger partial charge in [-0.1, -0.05) is 51.9 Å². The van der Waals surface area contributed by atoms with Gasteiger partial charge in [-0.15, -0.1) is 0 Å². The molecule has 2 aliphatic rings. The average Bonchev–Trinajstić information content (AvgIpc) is 2.73. The van der Waals surface area contributed by atoms with Crippen molar-refractivity contribution in [1.82, 2.24) is 0 Å². The normalized spacial score (nSPS) is 32.5. The molecule has 2 heteroatoms. The highest BCUT2D eigenvalue weighted by atomic mass is 16.5. The minimum absolute atomic E-state index is 0.231. The second-order valence-corrected chi connectivity index (χ2v) is 7.06. The van der Waals surface area contributed by atoms with Crippen molar-refractivity contribution in [3.05, 3.63) is 0 Å². The van der Waals surface area contributed by atoms with Crippen LogP contribution in [0.15, 0.2) is 0 Å². The van der Waals surface area contributed by atoms with E-state index < -0.39 is 0 Å². The molecule has 0 amide bonds. The van der Waals surface area contributed by atoms with Crippen molar-refractivity contribution >= 4 is 0 Å². The van der Waals surface area contributed by atoms with Crippen molar-refractivity contribution in [3.63, 3.8) is 0 Å². The maximum absolute atomic E-state index is 11.1. The predicted molar refractivity (Wildman–Crippen MR) is 83.8 cm³/mol. The molecule has 2 rings (SSSR count). The maximum atomic E-state index is 11.1. The van der Waals surface area contributed by atoms with Gasteiger partial charge in [0.25, 0.3) is 0 Å². The molecular weight excluding hydrogens is 248 g/mol. The zero-order chi connectivity index (χ0) is 14.4. The van der Waals surface area contributed by atoms with Gasteiger partial charge in [0.05, 0.1) is 11.7 Å². The van der Waals surface area contributed by atoms with E-state index in [2.05, 4.69) is 13.8 Å². The first-order valence-corrected chi connectivity index (χ1v) is 9.04. The van der Waals surface area contributed by atoms with E-state index in [0.29, 0.717) is 5.92 Å². The predicted octanol–water partition coefficient (Wildman–Crippen LogP) is 4.69. The standard InChI is InChI=1S/C18H34O2/c1-3-15-10-9-11-16(14-15)17(19)18(20-4-2)12-7-5-6-8-13-18/h15-17,19H,3-14H2,1-2H3. The van der Waals surface area contributed by atoms with Gasteiger partial charge >= 0.3 is 0 Å². The molecule has 0 aromatic heterocycles. The summed E-state index contributed by atoms with van der Waals surface area (Å²) in [6.45, 7) is 5.11. The number of hydrogen-bond acceptors (Lipinski definition) is 2. The highest BCUT2D eigenvalue weighted by Crippen LogP contribution is 2.42. The minimum Gasteiger partial charge on any atom is -0.390 e. The van der Waals surface area contributed by atoms with Gasteiger partial charge < -0.3 is 9.84 Å². The number of aliphatic hydroxyl groups excluding tert-OH is 1. The Bertz CT molecular complexity index is 269. The van der Waals surface area contributed by atoms with Gasteiger partial charge in [0.1, 0.15) is 0 Å². The fourth-order valence-corrected chi connectivity index (χ4v) is 4.56. The zero-order valence-corrected chi connectivity index (χ0v) is 13.6. The largest absolute Gasteiger partial charge is 0.390 e. The van der Waals surface area contributed by atoms with Crippen molar-refractivity contribution in [2.24, 2.45) is 11.8 Å². The first kappa shape index (κ1) is 16.3. The number of ether oxygens (including phenoxy) is 1. The van der Waals surface area contributed by atoms with Crippen LogP contribution in [0.5, 0.6) is 0 Å². The summed E-state index contributed by atoms with van der Waals surface area (Å²) in [6.07, 6.45) is 13.3. The Labute approximate surface area is 125 Å². The van der Waals surface area contributed by atoms with E-state index in [1.54, 1.807) is 0 Å². The van der Waals surface area contributed by atoms with E-state index >= 15 is 0 Å². The molecule has 0 radical (unpaired) electrons. The summed E-state index contributed by atoms with van der Waals surface area (Å²) in [5, 5.41) is 11.1. The summed E-state index contributed by atoms with van der Waals surface area (Å²) >= 11 is 0. The topological polar surface area (TPSA) is 29.5 Å². The van der Waals surface area contributed by atoms with E-state index in [-0.39, 0.29) is 11.7 Å². The van der Waals surface area contributed by atoms with Gasteiger partial charge in [0, 0.05) is 6.61 Å². The second kappa shape index (κ2) is 7.79. The van der Waals surface area contributed by atoms with Crippen LogP contribution >= 0.6 is 0 Å². The van der Waals surface area contributed by atoms with E-state index in [9.17, 15) is 5.11 Å². The molecule has 3 atom stereocenters. The second-order valence-electron chi connectivity index (χ2n) is 7.06. The third-order valence-electron chi connectivity index (χ3n) is 5.77. The summed E-state index contributed by atoms with van der Waals surface area (Å²) in [4.78, 5) is 0. The monoisotopic (exact) mass is 282 g/mol. The summed E-state index contributed by atoms with van der Waals surface area (Å²) in [7, 11) is 0. The molecular formula is C18H34O2. The summed E-state index contributed by atoms with van der Waals surface area (Å²) in [5.74, 6) is 1.30. The van der Waals surface area contributed by atoms with Crippen LogP contribution < -0.4 is 0 Å². The summed E-state index contributed by atoms with van der Waals surface area (Å²) in [6, 6.07) is 0.